The van der Waals surface area contributed by atoms with Crippen molar-refractivity contribution >= 4 is 64.5 Å². The summed E-state index contributed by atoms with van der Waals surface area (Å²) in [6.07, 6.45) is 1.95. The maximum absolute atomic E-state index is 12.2. The number of aromatic nitrogens is 2. The van der Waals surface area contributed by atoms with Crippen LogP contribution < -0.4 is 0 Å². The number of hydrogen-bond acceptors (Lipinski definition) is 6. The molecule has 0 amide bonds. The molecule has 0 aliphatic carbocycles. The Bertz CT molecular complexity index is 1000. The molecular weight excluding hydrogens is 431 g/mol. The fourth-order valence-electron chi connectivity index (χ4n) is 2.11. The number of carbonyl (C=O) groups excluding carboxylic acids is 1. The molecule has 1 heterocycles. The minimum atomic E-state index is -0.436. The highest BCUT2D eigenvalue weighted by Gasteiger charge is 2.11. The second kappa shape index (κ2) is 8.54. The van der Waals surface area contributed by atoms with Crippen LogP contribution >= 0.6 is 58.5 Å². The van der Waals surface area contributed by atoms with E-state index in [1.54, 1.807) is 47.1 Å². The molecule has 0 N–H and O–H groups in total. The van der Waals surface area contributed by atoms with E-state index in [1.165, 1.54) is 23.1 Å². The zero-order valence-corrected chi connectivity index (χ0v) is 17.4. The highest BCUT2D eigenvalue weighted by atomic mass is 35.5. The first-order valence-electron chi connectivity index (χ1n) is 7.33. The second-order valence-corrected chi connectivity index (χ2v) is 8.63. The first-order chi connectivity index (χ1) is 12.5. The molecule has 0 saturated carbocycles. The van der Waals surface area contributed by atoms with Gasteiger partial charge in [-0.2, -0.15) is 0 Å². The lowest BCUT2D eigenvalue weighted by Gasteiger charge is -2.08. The largest absolute Gasteiger partial charge is 0.457 e. The second-order valence-electron chi connectivity index (χ2n) is 5.11. The number of esters is 1. The molecule has 1 aromatic heterocycles. The fourth-order valence-corrected chi connectivity index (χ4v) is 4.35. The molecule has 26 heavy (non-hydrogen) atoms. The van der Waals surface area contributed by atoms with E-state index in [-0.39, 0.29) is 6.61 Å². The molecule has 3 rings (SSSR count). The van der Waals surface area contributed by atoms with Crippen LogP contribution in [0, 0.1) is 3.95 Å². The summed E-state index contributed by atoms with van der Waals surface area (Å²) in [5.41, 5.74) is 1.92. The van der Waals surface area contributed by atoms with Crippen LogP contribution in [-0.2, 0) is 11.3 Å². The third-order valence-corrected chi connectivity index (χ3v) is 6.22. The van der Waals surface area contributed by atoms with Crippen molar-refractivity contribution < 1.29 is 9.53 Å². The van der Waals surface area contributed by atoms with Crippen molar-refractivity contribution in [1.29, 1.82) is 0 Å². The minimum absolute atomic E-state index is 0.0742. The smallest absolute Gasteiger partial charge is 0.338 e. The normalized spacial score (nSPS) is 10.7. The summed E-state index contributed by atoms with van der Waals surface area (Å²) in [5, 5.41) is 5.41. The minimum Gasteiger partial charge on any atom is -0.457 e. The molecule has 9 heteroatoms. The van der Waals surface area contributed by atoms with Gasteiger partial charge < -0.3 is 4.74 Å². The summed E-state index contributed by atoms with van der Waals surface area (Å²) in [7, 11) is 0. The van der Waals surface area contributed by atoms with Crippen LogP contribution in [0.3, 0.4) is 0 Å². The van der Waals surface area contributed by atoms with Crippen LogP contribution in [0.25, 0.3) is 5.69 Å². The number of benzene rings is 2. The van der Waals surface area contributed by atoms with E-state index in [0.717, 1.165) is 10.0 Å². The maximum atomic E-state index is 12.2. The number of carbonyl (C=O) groups is 1. The van der Waals surface area contributed by atoms with Gasteiger partial charge in [-0.15, -0.1) is 5.10 Å². The van der Waals surface area contributed by atoms with Crippen molar-refractivity contribution in [1.82, 2.24) is 9.78 Å². The van der Waals surface area contributed by atoms with Crippen molar-refractivity contribution in [2.24, 2.45) is 0 Å². The van der Waals surface area contributed by atoms with Gasteiger partial charge in [0.05, 0.1) is 11.3 Å². The topological polar surface area (TPSA) is 44.1 Å². The molecule has 4 nitrogen and oxygen atoms in total. The molecule has 0 bridgehead atoms. The van der Waals surface area contributed by atoms with Crippen molar-refractivity contribution in [3.8, 4) is 5.69 Å². The molecule has 0 spiro atoms. The quantitative estimate of drug-likeness (QED) is 0.273. The number of thioether (sulfide) groups is 1. The summed E-state index contributed by atoms with van der Waals surface area (Å²) in [5.74, 6) is -0.436. The van der Waals surface area contributed by atoms with Crippen LogP contribution in [0.4, 0.5) is 0 Å². The van der Waals surface area contributed by atoms with Crippen molar-refractivity contribution in [3.05, 3.63) is 67.6 Å². The molecular formula is C17H12Cl2N2O2S3. The fraction of sp³-hybridized carbons (Fsp3) is 0.118. The zero-order chi connectivity index (χ0) is 18.7. The van der Waals surface area contributed by atoms with Gasteiger partial charge in [0, 0.05) is 15.6 Å². The first kappa shape index (κ1) is 19.4. The number of ether oxygens (including phenoxy) is 1. The third kappa shape index (κ3) is 4.47. The van der Waals surface area contributed by atoms with Gasteiger partial charge in [-0.05, 0) is 54.9 Å². The molecule has 0 fully saturated rings. The Hall–Kier alpha value is -1.38. The van der Waals surface area contributed by atoms with E-state index in [2.05, 4.69) is 5.10 Å². The van der Waals surface area contributed by atoms with E-state index in [1.807, 2.05) is 6.26 Å². The summed E-state index contributed by atoms with van der Waals surface area (Å²) < 4.78 is 8.53. The molecule has 0 aliphatic heterocycles. The Morgan fingerprint density at radius 1 is 1.27 bits per heavy atom. The number of nitrogens with zero attached hydrogens (tertiary/aromatic N) is 2. The third-order valence-electron chi connectivity index (χ3n) is 3.43. The van der Waals surface area contributed by atoms with Gasteiger partial charge in [-0.3, -0.25) is 0 Å². The van der Waals surface area contributed by atoms with Gasteiger partial charge >= 0.3 is 5.97 Å². The van der Waals surface area contributed by atoms with Crippen LogP contribution in [0.15, 0.2) is 46.8 Å². The number of hydrogen-bond donors (Lipinski definition) is 0. The average molecular weight is 443 g/mol. The van der Waals surface area contributed by atoms with Crippen molar-refractivity contribution in [3.63, 3.8) is 0 Å². The van der Waals surface area contributed by atoms with Gasteiger partial charge in [-0.1, -0.05) is 52.4 Å². The first-order valence-corrected chi connectivity index (χ1v) is 10.5. The lowest BCUT2D eigenvalue weighted by Crippen LogP contribution is -2.06. The Labute approximate surface area is 173 Å². The molecule has 0 atom stereocenters. The van der Waals surface area contributed by atoms with Gasteiger partial charge in [0.2, 0.25) is 0 Å². The lowest BCUT2D eigenvalue weighted by atomic mass is 10.2. The molecule has 2 aromatic carbocycles. The SMILES string of the molecule is CSc1nn(-c2ccc(C(=O)OCc3ccc(Cl)cc3Cl)cc2)c(=S)s1. The van der Waals surface area contributed by atoms with Crippen LogP contribution in [0.5, 0.6) is 0 Å². The standard InChI is InChI=1S/C17H12Cl2N2O2S3/c1-25-16-20-21(17(24)26-16)13-6-3-10(4-7-13)15(22)23-9-11-2-5-12(18)8-14(11)19/h2-8H,9H2,1H3. The monoisotopic (exact) mass is 442 g/mol. The van der Waals surface area contributed by atoms with E-state index < -0.39 is 5.97 Å². The van der Waals surface area contributed by atoms with Crippen LogP contribution in [0.2, 0.25) is 10.0 Å². The van der Waals surface area contributed by atoms with E-state index in [4.69, 9.17) is 40.2 Å². The molecule has 0 unspecified atom stereocenters. The number of halogens is 2. The molecule has 3 aromatic rings. The average Bonchev–Trinajstić information content (AvgIpc) is 3.02. The highest BCUT2D eigenvalue weighted by molar-refractivity contribution is 8.00. The summed E-state index contributed by atoms with van der Waals surface area (Å²) in [6, 6.07) is 12.0. The molecule has 134 valence electrons. The Kier molecular flexibility index (Phi) is 6.37. The maximum Gasteiger partial charge on any atom is 0.338 e. The Morgan fingerprint density at radius 2 is 2.00 bits per heavy atom. The number of rotatable bonds is 5. The highest BCUT2D eigenvalue weighted by Crippen LogP contribution is 2.23. The van der Waals surface area contributed by atoms with Gasteiger partial charge in [0.25, 0.3) is 0 Å². The Morgan fingerprint density at radius 3 is 2.62 bits per heavy atom. The van der Waals surface area contributed by atoms with E-state index in [0.29, 0.717) is 25.1 Å². The lowest BCUT2D eigenvalue weighted by molar-refractivity contribution is 0.0473. The van der Waals surface area contributed by atoms with Gasteiger partial charge in [-0.25, -0.2) is 9.48 Å². The Balaban J connectivity index is 1.70. The van der Waals surface area contributed by atoms with Crippen LogP contribution in [-0.4, -0.2) is 22.0 Å². The van der Waals surface area contributed by atoms with Crippen molar-refractivity contribution in [2.75, 3.05) is 6.26 Å². The van der Waals surface area contributed by atoms with Crippen LogP contribution in [0.1, 0.15) is 15.9 Å². The van der Waals surface area contributed by atoms with E-state index in [9.17, 15) is 4.79 Å². The summed E-state index contributed by atoms with van der Waals surface area (Å²) in [6.45, 7) is 0.0742. The molecule has 0 radical (unpaired) electrons. The predicted octanol–water partition coefficient (Wildman–Crippen LogP) is 6.05. The van der Waals surface area contributed by atoms with Gasteiger partial charge in [0.1, 0.15) is 6.61 Å². The molecule has 0 saturated heterocycles. The summed E-state index contributed by atoms with van der Waals surface area (Å²) in [4.78, 5) is 12.2. The van der Waals surface area contributed by atoms with Crippen molar-refractivity contribution in [2.45, 2.75) is 10.9 Å². The molecule has 0 aliphatic rings. The van der Waals surface area contributed by atoms with Gasteiger partial charge in [0.15, 0.2) is 8.29 Å². The zero-order valence-electron chi connectivity index (χ0n) is 13.4. The summed E-state index contributed by atoms with van der Waals surface area (Å²) >= 11 is 20.2. The predicted molar refractivity (Wildman–Crippen MR) is 110 cm³/mol. The van der Waals surface area contributed by atoms with E-state index >= 15 is 0 Å².